The van der Waals surface area contributed by atoms with Gasteiger partial charge < -0.3 is 14.8 Å². The average molecular weight is 327 g/mol. The topological polar surface area (TPSA) is 47.6 Å². The van der Waals surface area contributed by atoms with Gasteiger partial charge in [0.25, 0.3) is 5.91 Å². The van der Waals surface area contributed by atoms with E-state index < -0.39 is 0 Å². The van der Waals surface area contributed by atoms with E-state index in [4.69, 9.17) is 9.47 Å². The third-order valence-electron chi connectivity index (χ3n) is 4.18. The van der Waals surface area contributed by atoms with E-state index in [2.05, 4.69) is 5.32 Å². The van der Waals surface area contributed by atoms with Crippen LogP contribution in [0.3, 0.4) is 0 Å². The van der Waals surface area contributed by atoms with E-state index >= 15 is 0 Å². The Labute approximate surface area is 143 Å². The van der Waals surface area contributed by atoms with E-state index in [0.29, 0.717) is 0 Å². The molecule has 0 aromatic heterocycles. The predicted octanol–water partition coefficient (Wildman–Crippen LogP) is 3.96. The first-order valence-electron chi connectivity index (χ1n) is 8.17. The quantitative estimate of drug-likeness (QED) is 0.837. The molecule has 0 heterocycles. The number of hydrogen-bond donors (Lipinski definition) is 1. The van der Waals surface area contributed by atoms with Gasteiger partial charge in [0.1, 0.15) is 11.5 Å². The largest absolute Gasteiger partial charge is 0.497 e. The van der Waals surface area contributed by atoms with Crippen molar-refractivity contribution in [3.05, 3.63) is 59.2 Å². The predicted molar refractivity (Wildman–Crippen MR) is 95.6 cm³/mol. The van der Waals surface area contributed by atoms with Crippen LogP contribution in [0.15, 0.2) is 42.5 Å². The van der Waals surface area contributed by atoms with Gasteiger partial charge in [-0.15, -0.1) is 0 Å². The fourth-order valence-electron chi connectivity index (χ4n) is 2.52. The number of carbonyl (C=O) groups excluding carboxylic acids is 1. The van der Waals surface area contributed by atoms with Gasteiger partial charge in [-0.25, -0.2) is 0 Å². The summed E-state index contributed by atoms with van der Waals surface area (Å²) in [6, 6.07) is 13.5. The maximum Gasteiger partial charge on any atom is 0.258 e. The van der Waals surface area contributed by atoms with Crippen LogP contribution in [0.25, 0.3) is 0 Å². The van der Waals surface area contributed by atoms with Crippen LogP contribution in [-0.4, -0.2) is 19.6 Å². The summed E-state index contributed by atoms with van der Waals surface area (Å²) >= 11 is 0. The second-order valence-corrected chi connectivity index (χ2v) is 5.79. The fraction of sp³-hybridized carbons (Fsp3) is 0.350. The van der Waals surface area contributed by atoms with Crippen LogP contribution in [0.5, 0.6) is 11.5 Å². The second-order valence-electron chi connectivity index (χ2n) is 5.79. The molecule has 1 atom stereocenters. The Kier molecular flexibility index (Phi) is 6.24. The summed E-state index contributed by atoms with van der Waals surface area (Å²) in [4.78, 5) is 12.2. The number of methoxy groups -OCH3 is 1. The van der Waals surface area contributed by atoms with Gasteiger partial charge in [-0.3, -0.25) is 4.79 Å². The molecule has 0 aliphatic carbocycles. The van der Waals surface area contributed by atoms with E-state index in [-0.39, 0.29) is 18.6 Å². The lowest BCUT2D eigenvalue weighted by Gasteiger charge is -2.18. The normalized spacial score (nSPS) is 11.7. The van der Waals surface area contributed by atoms with Gasteiger partial charge in [-0.2, -0.15) is 0 Å². The second kappa shape index (κ2) is 8.39. The SMILES string of the molecule is CCC(NC(=O)COc1cccc(C)c1C)c1ccc(OC)cc1. The van der Waals surface area contributed by atoms with Crippen LogP contribution >= 0.6 is 0 Å². The molecule has 4 heteroatoms. The van der Waals surface area contributed by atoms with Crippen LogP contribution in [-0.2, 0) is 4.79 Å². The highest BCUT2D eigenvalue weighted by Gasteiger charge is 2.14. The molecule has 0 radical (unpaired) electrons. The number of ether oxygens (including phenoxy) is 2. The van der Waals surface area contributed by atoms with Crippen LogP contribution < -0.4 is 14.8 Å². The van der Waals surface area contributed by atoms with Gasteiger partial charge in [0, 0.05) is 0 Å². The third-order valence-corrected chi connectivity index (χ3v) is 4.18. The molecule has 1 N–H and O–H groups in total. The smallest absolute Gasteiger partial charge is 0.258 e. The van der Waals surface area contributed by atoms with Crippen molar-refractivity contribution >= 4 is 5.91 Å². The van der Waals surface area contributed by atoms with Crippen molar-refractivity contribution in [3.63, 3.8) is 0 Å². The molecule has 0 bridgehead atoms. The summed E-state index contributed by atoms with van der Waals surface area (Å²) in [5.41, 5.74) is 3.27. The van der Waals surface area contributed by atoms with Crippen LogP contribution in [0.2, 0.25) is 0 Å². The van der Waals surface area contributed by atoms with E-state index in [0.717, 1.165) is 34.6 Å². The van der Waals surface area contributed by atoms with E-state index in [1.807, 2.05) is 63.2 Å². The van der Waals surface area contributed by atoms with Gasteiger partial charge >= 0.3 is 0 Å². The Morgan fingerprint density at radius 1 is 1.12 bits per heavy atom. The minimum Gasteiger partial charge on any atom is -0.497 e. The molecule has 0 saturated heterocycles. The zero-order chi connectivity index (χ0) is 17.5. The molecule has 4 nitrogen and oxygen atoms in total. The molecule has 2 aromatic rings. The van der Waals surface area contributed by atoms with Crippen molar-refractivity contribution in [2.45, 2.75) is 33.2 Å². The lowest BCUT2D eigenvalue weighted by atomic mass is 10.0. The van der Waals surface area contributed by atoms with Crippen molar-refractivity contribution in [1.29, 1.82) is 0 Å². The first-order valence-corrected chi connectivity index (χ1v) is 8.17. The van der Waals surface area contributed by atoms with Gasteiger partial charge in [0.2, 0.25) is 0 Å². The zero-order valence-corrected chi connectivity index (χ0v) is 14.8. The number of rotatable bonds is 7. The first-order chi connectivity index (χ1) is 11.5. The third kappa shape index (κ3) is 4.51. The molecule has 2 aromatic carbocycles. The molecule has 0 aliphatic heterocycles. The molecule has 2 rings (SSSR count). The maximum atomic E-state index is 12.2. The number of amides is 1. The summed E-state index contributed by atoms with van der Waals surface area (Å²) in [5.74, 6) is 1.43. The zero-order valence-electron chi connectivity index (χ0n) is 14.8. The Morgan fingerprint density at radius 2 is 1.83 bits per heavy atom. The number of carbonyl (C=O) groups is 1. The standard InChI is InChI=1S/C20H25NO3/c1-5-18(16-9-11-17(23-4)12-10-16)21-20(22)13-24-19-8-6-7-14(2)15(19)3/h6-12,18H,5,13H2,1-4H3,(H,21,22). The van der Waals surface area contributed by atoms with Crippen LogP contribution in [0.4, 0.5) is 0 Å². The minimum atomic E-state index is -0.126. The summed E-state index contributed by atoms with van der Waals surface area (Å²) in [5, 5.41) is 3.02. The summed E-state index contributed by atoms with van der Waals surface area (Å²) in [6.45, 7) is 6.07. The molecule has 24 heavy (non-hydrogen) atoms. The number of hydrogen-bond acceptors (Lipinski definition) is 3. The van der Waals surface area contributed by atoms with Crippen molar-refractivity contribution < 1.29 is 14.3 Å². The Morgan fingerprint density at radius 3 is 2.46 bits per heavy atom. The maximum absolute atomic E-state index is 12.2. The molecule has 0 aliphatic rings. The number of nitrogens with one attached hydrogen (secondary N) is 1. The molecular weight excluding hydrogens is 302 g/mol. The van der Waals surface area contributed by atoms with Crippen molar-refractivity contribution in [3.8, 4) is 11.5 Å². The molecule has 1 unspecified atom stereocenters. The lowest BCUT2D eigenvalue weighted by molar-refractivity contribution is -0.123. The lowest BCUT2D eigenvalue weighted by Crippen LogP contribution is -2.32. The molecule has 0 saturated carbocycles. The highest BCUT2D eigenvalue weighted by molar-refractivity contribution is 5.78. The summed E-state index contributed by atoms with van der Waals surface area (Å²) in [6.07, 6.45) is 0.807. The van der Waals surface area contributed by atoms with Crippen molar-refractivity contribution in [1.82, 2.24) is 5.32 Å². The molecule has 0 spiro atoms. The number of aryl methyl sites for hydroxylation is 1. The monoisotopic (exact) mass is 327 g/mol. The first kappa shape index (κ1) is 17.9. The minimum absolute atomic E-state index is 0.0109. The fourth-order valence-corrected chi connectivity index (χ4v) is 2.52. The average Bonchev–Trinajstić information content (AvgIpc) is 2.61. The van der Waals surface area contributed by atoms with Gasteiger partial charge in [-0.1, -0.05) is 31.2 Å². The highest BCUT2D eigenvalue weighted by atomic mass is 16.5. The molecule has 128 valence electrons. The summed E-state index contributed by atoms with van der Waals surface area (Å²) in [7, 11) is 1.64. The Bertz CT molecular complexity index is 680. The Balaban J connectivity index is 1.95. The molecule has 0 fully saturated rings. The van der Waals surface area contributed by atoms with Crippen LogP contribution in [0.1, 0.15) is 36.1 Å². The van der Waals surface area contributed by atoms with E-state index in [1.165, 1.54) is 0 Å². The highest BCUT2D eigenvalue weighted by Crippen LogP contribution is 2.21. The Hall–Kier alpha value is -2.49. The number of benzene rings is 2. The van der Waals surface area contributed by atoms with Gasteiger partial charge in [0.05, 0.1) is 13.2 Å². The van der Waals surface area contributed by atoms with E-state index in [1.54, 1.807) is 7.11 Å². The van der Waals surface area contributed by atoms with Gasteiger partial charge in [-0.05, 0) is 55.2 Å². The van der Waals surface area contributed by atoms with E-state index in [9.17, 15) is 4.79 Å². The van der Waals surface area contributed by atoms with Crippen molar-refractivity contribution in [2.75, 3.05) is 13.7 Å². The molecular formula is C20H25NO3. The van der Waals surface area contributed by atoms with Crippen LogP contribution in [0, 0.1) is 13.8 Å². The molecule has 1 amide bonds. The summed E-state index contributed by atoms with van der Waals surface area (Å²) < 4.78 is 10.8. The van der Waals surface area contributed by atoms with Gasteiger partial charge in [0.15, 0.2) is 6.61 Å². The van der Waals surface area contributed by atoms with Crippen molar-refractivity contribution in [2.24, 2.45) is 0 Å².